The smallest absolute Gasteiger partial charge is 0.264 e. The molecule has 4 N–H and O–H groups in total. The summed E-state index contributed by atoms with van der Waals surface area (Å²) >= 11 is 0. The number of anilines is 3. The third-order valence-electron chi connectivity index (χ3n) is 10.7. The van der Waals surface area contributed by atoms with Gasteiger partial charge in [0.2, 0.25) is 11.9 Å². The number of piperidine rings is 2. The molecular formula is C41H46N10O4. The molecule has 14 heteroatoms. The van der Waals surface area contributed by atoms with Gasteiger partial charge in [0, 0.05) is 60.9 Å². The fourth-order valence-corrected chi connectivity index (χ4v) is 7.80. The van der Waals surface area contributed by atoms with Crippen LogP contribution in [0.25, 0.3) is 22.3 Å². The van der Waals surface area contributed by atoms with Gasteiger partial charge in [0.05, 0.1) is 36.2 Å². The van der Waals surface area contributed by atoms with E-state index in [4.69, 9.17) is 14.7 Å². The summed E-state index contributed by atoms with van der Waals surface area (Å²) in [4.78, 5) is 55.2. The molecule has 8 rings (SSSR count). The van der Waals surface area contributed by atoms with Gasteiger partial charge in [-0.05, 0) is 87.0 Å². The SMILES string of the molecule is C=CCCn1cc(-c2nc(Nc3ccc(C4CCN(CCOCCNc5cccc6c5C(=O)N(C5CCCNC5=O)C6=O)CC4)cc3)nc3[nH]ccc23)cn1. The maximum absolute atomic E-state index is 13.3. The number of likely N-dealkylation sites (tertiary alicyclic amines) is 1. The van der Waals surface area contributed by atoms with Crippen molar-refractivity contribution < 1.29 is 19.1 Å². The fraction of sp³-hybridized carbons (Fsp3) is 0.366. The van der Waals surface area contributed by atoms with Gasteiger partial charge in [0.1, 0.15) is 11.7 Å². The third-order valence-corrected chi connectivity index (χ3v) is 10.7. The number of carbonyl (C=O) groups is 3. The maximum Gasteiger partial charge on any atom is 0.264 e. The summed E-state index contributed by atoms with van der Waals surface area (Å²) in [7, 11) is 0. The molecule has 2 fully saturated rings. The van der Waals surface area contributed by atoms with E-state index in [1.54, 1.807) is 18.2 Å². The molecule has 3 aliphatic rings. The van der Waals surface area contributed by atoms with Crippen molar-refractivity contribution in [3.05, 3.63) is 96.5 Å². The molecule has 0 aliphatic carbocycles. The Balaban J connectivity index is 0.778. The molecule has 3 aromatic heterocycles. The number of hydrogen-bond acceptors (Lipinski definition) is 10. The Morgan fingerprint density at radius 1 is 0.964 bits per heavy atom. The van der Waals surface area contributed by atoms with Crippen molar-refractivity contribution in [2.24, 2.45) is 0 Å². The molecule has 14 nitrogen and oxygen atoms in total. The Hall–Kier alpha value is -5.86. The molecule has 3 aliphatic heterocycles. The van der Waals surface area contributed by atoms with Crippen LogP contribution in [0.1, 0.15) is 64.3 Å². The monoisotopic (exact) mass is 742 g/mol. The van der Waals surface area contributed by atoms with Crippen molar-refractivity contribution >= 4 is 46.1 Å². The van der Waals surface area contributed by atoms with Crippen molar-refractivity contribution in [1.82, 2.24) is 39.8 Å². The first kappa shape index (κ1) is 36.1. The molecule has 1 atom stereocenters. The number of H-pyrrole nitrogens is 1. The molecule has 6 heterocycles. The number of aromatic amines is 1. The Morgan fingerprint density at radius 2 is 1.82 bits per heavy atom. The second-order valence-electron chi connectivity index (χ2n) is 14.3. The summed E-state index contributed by atoms with van der Waals surface area (Å²) < 4.78 is 7.86. The summed E-state index contributed by atoms with van der Waals surface area (Å²) in [6.45, 7) is 9.56. The highest BCUT2D eigenvalue weighted by atomic mass is 16.5. The van der Waals surface area contributed by atoms with Crippen molar-refractivity contribution in [1.29, 1.82) is 0 Å². The number of fused-ring (bicyclic) bond motifs is 2. The van der Waals surface area contributed by atoms with E-state index in [1.165, 1.54) is 5.56 Å². The lowest BCUT2D eigenvalue weighted by atomic mass is 9.89. The van der Waals surface area contributed by atoms with Crippen LogP contribution in [0.2, 0.25) is 0 Å². The molecule has 2 saturated heterocycles. The Morgan fingerprint density at radius 3 is 2.64 bits per heavy atom. The van der Waals surface area contributed by atoms with E-state index in [2.05, 4.69) is 61.8 Å². The number of carbonyl (C=O) groups excluding carboxylic acids is 3. The first-order chi connectivity index (χ1) is 27.0. The molecule has 55 heavy (non-hydrogen) atoms. The quantitative estimate of drug-likeness (QED) is 0.0628. The van der Waals surface area contributed by atoms with Crippen LogP contribution in [-0.4, -0.2) is 104 Å². The minimum atomic E-state index is -0.761. The molecule has 2 aromatic carbocycles. The average Bonchev–Trinajstić information content (AvgIpc) is 3.95. The van der Waals surface area contributed by atoms with Crippen molar-refractivity contribution in [3.63, 3.8) is 0 Å². The van der Waals surface area contributed by atoms with Gasteiger partial charge in [-0.3, -0.25) is 24.0 Å². The highest BCUT2D eigenvalue weighted by Crippen LogP contribution is 2.33. The first-order valence-corrected chi connectivity index (χ1v) is 19.1. The van der Waals surface area contributed by atoms with Crippen molar-refractivity contribution in [2.75, 3.05) is 56.6 Å². The number of nitrogens with one attached hydrogen (secondary N) is 4. The van der Waals surface area contributed by atoms with E-state index in [1.807, 2.05) is 35.4 Å². The van der Waals surface area contributed by atoms with Crippen LogP contribution in [0, 0.1) is 0 Å². The van der Waals surface area contributed by atoms with Gasteiger partial charge in [-0.25, -0.2) is 4.98 Å². The number of allylic oxidation sites excluding steroid dienone is 1. The van der Waals surface area contributed by atoms with E-state index in [0.717, 1.165) is 84.7 Å². The molecule has 0 spiro atoms. The lowest BCUT2D eigenvalue weighted by Gasteiger charge is -2.32. The number of amides is 3. The molecule has 1 unspecified atom stereocenters. The number of ether oxygens (including phenoxy) is 1. The third kappa shape index (κ3) is 7.73. The number of benzene rings is 2. The van der Waals surface area contributed by atoms with Gasteiger partial charge in [0.15, 0.2) is 0 Å². The molecule has 0 bridgehead atoms. The second kappa shape index (κ2) is 16.2. The summed E-state index contributed by atoms with van der Waals surface area (Å²) in [5.41, 5.74) is 6.05. The zero-order chi connectivity index (χ0) is 37.7. The average molecular weight is 743 g/mol. The van der Waals surface area contributed by atoms with Crippen LogP contribution in [0.3, 0.4) is 0 Å². The van der Waals surface area contributed by atoms with Crippen molar-refractivity contribution in [2.45, 2.75) is 50.6 Å². The molecule has 0 radical (unpaired) electrons. The maximum atomic E-state index is 13.3. The highest BCUT2D eigenvalue weighted by molar-refractivity contribution is 6.25. The Kier molecular flexibility index (Phi) is 10.7. The van der Waals surface area contributed by atoms with E-state index < -0.39 is 17.9 Å². The van der Waals surface area contributed by atoms with Crippen molar-refractivity contribution in [3.8, 4) is 11.3 Å². The van der Waals surface area contributed by atoms with Gasteiger partial charge < -0.3 is 30.6 Å². The summed E-state index contributed by atoms with van der Waals surface area (Å²) in [6, 6.07) is 15.0. The van der Waals surface area contributed by atoms with E-state index in [0.29, 0.717) is 61.4 Å². The van der Waals surface area contributed by atoms with E-state index >= 15 is 0 Å². The Labute approximate surface area is 319 Å². The summed E-state index contributed by atoms with van der Waals surface area (Å²) in [6.07, 6.45) is 11.8. The van der Waals surface area contributed by atoms with E-state index in [-0.39, 0.29) is 5.91 Å². The fourth-order valence-electron chi connectivity index (χ4n) is 7.80. The largest absolute Gasteiger partial charge is 0.382 e. The molecule has 0 saturated carbocycles. The predicted molar refractivity (Wildman–Crippen MR) is 210 cm³/mol. The molecular weight excluding hydrogens is 697 g/mol. The minimum Gasteiger partial charge on any atom is -0.382 e. The van der Waals surface area contributed by atoms with Crippen LogP contribution in [-0.2, 0) is 16.1 Å². The van der Waals surface area contributed by atoms with Crippen LogP contribution in [0.4, 0.5) is 17.3 Å². The van der Waals surface area contributed by atoms with Crippen LogP contribution in [0.5, 0.6) is 0 Å². The zero-order valence-electron chi connectivity index (χ0n) is 30.8. The number of hydrogen-bond donors (Lipinski definition) is 4. The number of nitrogens with zero attached hydrogens (tertiary/aromatic N) is 6. The van der Waals surface area contributed by atoms with Gasteiger partial charge in [0.25, 0.3) is 11.8 Å². The topological polar surface area (TPSA) is 162 Å². The lowest BCUT2D eigenvalue weighted by molar-refractivity contribution is -0.126. The van der Waals surface area contributed by atoms with Crippen LogP contribution >= 0.6 is 0 Å². The Bertz CT molecular complexity index is 2190. The number of aryl methyl sites for hydroxylation is 1. The number of imide groups is 1. The van der Waals surface area contributed by atoms with Gasteiger partial charge in [-0.1, -0.05) is 24.3 Å². The van der Waals surface area contributed by atoms with Gasteiger partial charge in [-0.2, -0.15) is 10.1 Å². The lowest BCUT2D eigenvalue weighted by Crippen LogP contribution is -2.52. The highest BCUT2D eigenvalue weighted by Gasteiger charge is 2.44. The molecule has 5 aromatic rings. The standard InChI is InChI=1S/C41H46N10O4/c1-2-3-19-50-26-29(25-45-50)36-32-13-17-43-37(32)48-41(47-36)46-30-11-9-27(10-12-30)28-14-20-49(21-15-28)22-24-55-23-18-42-33-7-4-6-31-35(33)40(54)51(39(31)53)34-8-5-16-44-38(34)52/h2,4,6-7,9-13,17,25-26,28,34,42H,1,3,5,8,14-16,18-24H2,(H,44,52)(H2,43,46,47,48). The first-order valence-electron chi connectivity index (χ1n) is 19.1. The second-order valence-corrected chi connectivity index (χ2v) is 14.3. The van der Waals surface area contributed by atoms with Gasteiger partial charge >= 0.3 is 0 Å². The van der Waals surface area contributed by atoms with Crippen LogP contribution in [0.15, 0.2) is 79.8 Å². The molecule has 284 valence electrons. The number of aromatic nitrogens is 5. The number of rotatable bonds is 15. The van der Waals surface area contributed by atoms with Gasteiger partial charge in [-0.15, -0.1) is 6.58 Å². The summed E-state index contributed by atoms with van der Waals surface area (Å²) in [5.74, 6) is -0.0836. The van der Waals surface area contributed by atoms with E-state index in [9.17, 15) is 14.4 Å². The molecule has 3 amide bonds. The van der Waals surface area contributed by atoms with Crippen LogP contribution < -0.4 is 16.0 Å². The summed E-state index contributed by atoms with van der Waals surface area (Å²) in [5, 5.41) is 14.9. The minimum absolute atomic E-state index is 0.274. The zero-order valence-corrected chi connectivity index (χ0v) is 30.8. The normalized spacial score (nSPS) is 17.8. The predicted octanol–water partition coefficient (Wildman–Crippen LogP) is 5.32.